The lowest BCUT2D eigenvalue weighted by atomic mass is 10.0. The molecule has 0 saturated heterocycles. The molecule has 0 radical (unpaired) electrons. The third-order valence-corrected chi connectivity index (χ3v) is 5.40. The monoisotopic (exact) mass is 400 g/mol. The number of rotatable bonds is 7. The van der Waals surface area contributed by atoms with Crippen LogP contribution in [0.3, 0.4) is 0 Å². The second-order valence-corrected chi connectivity index (χ2v) is 7.26. The largest absolute Gasteiger partial charge is 0.496 e. The number of nitrogens with zero attached hydrogens (tertiary/aromatic N) is 1. The maximum absolute atomic E-state index is 13.2. The summed E-state index contributed by atoms with van der Waals surface area (Å²) < 4.78 is 5.44. The Balaban J connectivity index is 1.55. The van der Waals surface area contributed by atoms with Crippen LogP contribution in [-0.4, -0.2) is 30.4 Å². The third-order valence-electron chi connectivity index (χ3n) is 5.40. The first kappa shape index (κ1) is 19.7. The van der Waals surface area contributed by atoms with Gasteiger partial charge in [-0.05, 0) is 29.7 Å². The van der Waals surface area contributed by atoms with Crippen molar-refractivity contribution in [1.29, 1.82) is 0 Å². The Morgan fingerprint density at radius 3 is 2.47 bits per heavy atom. The van der Waals surface area contributed by atoms with E-state index in [9.17, 15) is 9.59 Å². The molecule has 0 unspecified atom stereocenters. The van der Waals surface area contributed by atoms with Gasteiger partial charge in [-0.2, -0.15) is 0 Å². The fourth-order valence-corrected chi connectivity index (χ4v) is 3.90. The lowest BCUT2D eigenvalue weighted by Crippen LogP contribution is -2.39. The molecular formula is C25H24N2O3. The van der Waals surface area contributed by atoms with Gasteiger partial charge in [-0.25, -0.2) is 0 Å². The van der Waals surface area contributed by atoms with Gasteiger partial charge in [0.15, 0.2) is 0 Å². The van der Waals surface area contributed by atoms with Crippen molar-refractivity contribution in [2.75, 3.05) is 13.7 Å². The molecule has 2 amide bonds. The molecule has 0 saturated carbocycles. The topological polar surface area (TPSA) is 58.6 Å². The highest BCUT2D eigenvalue weighted by Crippen LogP contribution is 2.36. The zero-order valence-electron chi connectivity index (χ0n) is 16.9. The highest BCUT2D eigenvalue weighted by molar-refractivity contribution is 6.04. The molecule has 4 rings (SSSR count). The van der Waals surface area contributed by atoms with Crippen molar-refractivity contribution in [3.05, 3.63) is 101 Å². The predicted octanol–water partition coefficient (Wildman–Crippen LogP) is 3.75. The summed E-state index contributed by atoms with van der Waals surface area (Å²) in [7, 11) is 1.60. The van der Waals surface area contributed by atoms with Crippen LogP contribution in [0.25, 0.3) is 0 Å². The van der Waals surface area contributed by atoms with Crippen molar-refractivity contribution in [1.82, 2.24) is 10.2 Å². The minimum Gasteiger partial charge on any atom is -0.496 e. The van der Waals surface area contributed by atoms with E-state index in [1.807, 2.05) is 72.8 Å². The number of nitrogens with one attached hydrogen (secondary N) is 1. The lowest BCUT2D eigenvalue weighted by Gasteiger charge is -2.25. The molecule has 0 fully saturated rings. The summed E-state index contributed by atoms with van der Waals surface area (Å²) in [5.41, 5.74) is 3.35. The summed E-state index contributed by atoms with van der Waals surface area (Å²) in [5.74, 6) is 0.392. The van der Waals surface area contributed by atoms with Crippen molar-refractivity contribution in [3.63, 3.8) is 0 Å². The minimum absolute atomic E-state index is 0.139. The van der Waals surface area contributed by atoms with E-state index in [0.29, 0.717) is 24.4 Å². The fraction of sp³-hybridized carbons (Fsp3) is 0.200. The van der Waals surface area contributed by atoms with Crippen LogP contribution in [0, 0.1) is 0 Å². The number of hydrogen-bond donors (Lipinski definition) is 1. The Labute approximate surface area is 176 Å². The lowest BCUT2D eigenvalue weighted by molar-refractivity contribution is -0.125. The zero-order chi connectivity index (χ0) is 20.9. The third kappa shape index (κ3) is 3.92. The average molecular weight is 400 g/mol. The summed E-state index contributed by atoms with van der Waals surface area (Å²) in [4.78, 5) is 27.9. The Morgan fingerprint density at radius 1 is 0.967 bits per heavy atom. The van der Waals surface area contributed by atoms with Crippen molar-refractivity contribution in [2.24, 2.45) is 0 Å². The molecule has 1 atom stereocenters. The van der Waals surface area contributed by atoms with E-state index >= 15 is 0 Å². The van der Waals surface area contributed by atoms with Gasteiger partial charge in [0.25, 0.3) is 5.91 Å². The van der Waals surface area contributed by atoms with Gasteiger partial charge >= 0.3 is 0 Å². The van der Waals surface area contributed by atoms with Crippen molar-refractivity contribution in [3.8, 4) is 5.75 Å². The van der Waals surface area contributed by atoms with Crippen LogP contribution < -0.4 is 10.1 Å². The predicted molar refractivity (Wildman–Crippen MR) is 115 cm³/mol. The van der Waals surface area contributed by atoms with E-state index < -0.39 is 6.04 Å². The SMILES string of the molecule is COc1ccccc1CN1C(=O)c2ccccc2[C@@H]1C(=O)NCCc1ccccc1. The van der Waals surface area contributed by atoms with Crippen LogP contribution >= 0.6 is 0 Å². The number of hydrogen-bond acceptors (Lipinski definition) is 3. The molecule has 152 valence electrons. The van der Waals surface area contributed by atoms with Crippen molar-refractivity contribution >= 4 is 11.8 Å². The smallest absolute Gasteiger partial charge is 0.255 e. The Hall–Kier alpha value is -3.60. The quantitative estimate of drug-likeness (QED) is 0.657. The second-order valence-electron chi connectivity index (χ2n) is 7.26. The van der Waals surface area contributed by atoms with Crippen molar-refractivity contribution < 1.29 is 14.3 Å². The molecule has 30 heavy (non-hydrogen) atoms. The molecule has 0 aromatic heterocycles. The number of methoxy groups -OCH3 is 1. The van der Waals surface area contributed by atoms with Crippen LogP contribution in [0.15, 0.2) is 78.9 Å². The maximum atomic E-state index is 13.2. The molecule has 1 heterocycles. The first-order valence-electron chi connectivity index (χ1n) is 10.0. The van der Waals surface area contributed by atoms with Crippen LogP contribution in [0.4, 0.5) is 0 Å². The van der Waals surface area contributed by atoms with E-state index in [1.54, 1.807) is 18.1 Å². The van der Waals surface area contributed by atoms with Gasteiger partial charge in [0, 0.05) is 17.7 Å². The number of ether oxygens (including phenoxy) is 1. The molecule has 1 aliphatic rings. The fourth-order valence-electron chi connectivity index (χ4n) is 3.90. The molecule has 5 heteroatoms. The van der Waals surface area contributed by atoms with Gasteiger partial charge in [0.05, 0.1) is 13.7 Å². The number of amides is 2. The zero-order valence-corrected chi connectivity index (χ0v) is 16.9. The van der Waals surface area contributed by atoms with E-state index in [2.05, 4.69) is 5.32 Å². The average Bonchev–Trinajstić information content (AvgIpc) is 3.06. The van der Waals surface area contributed by atoms with Crippen LogP contribution in [0.5, 0.6) is 5.75 Å². The van der Waals surface area contributed by atoms with Gasteiger partial charge in [-0.15, -0.1) is 0 Å². The van der Waals surface area contributed by atoms with Gasteiger partial charge in [0.2, 0.25) is 5.91 Å². The molecule has 3 aromatic rings. The van der Waals surface area contributed by atoms with E-state index in [-0.39, 0.29) is 11.8 Å². The molecule has 5 nitrogen and oxygen atoms in total. The summed E-state index contributed by atoms with van der Waals surface area (Å²) in [6.45, 7) is 0.812. The molecular weight excluding hydrogens is 376 g/mol. The Morgan fingerprint density at radius 2 is 1.67 bits per heavy atom. The molecule has 1 aliphatic heterocycles. The van der Waals surface area contributed by atoms with Crippen molar-refractivity contribution in [2.45, 2.75) is 19.0 Å². The minimum atomic E-state index is -0.658. The molecule has 0 spiro atoms. The number of carbonyl (C=O) groups excluding carboxylic acids is 2. The normalized spacial score (nSPS) is 15.0. The number of benzene rings is 3. The molecule has 1 N–H and O–H groups in total. The van der Waals surface area contributed by atoms with E-state index in [0.717, 1.165) is 23.1 Å². The van der Waals surface area contributed by atoms with Gasteiger partial charge < -0.3 is 15.0 Å². The standard InChI is InChI=1S/C25H24N2O3/c1-30-22-14-8-5-11-19(22)17-27-23(20-12-6-7-13-21(20)25(27)29)24(28)26-16-15-18-9-3-2-4-10-18/h2-14,23H,15-17H2,1H3,(H,26,28)/t23-/m1/s1. The van der Waals surface area contributed by atoms with Crippen LogP contribution in [0.2, 0.25) is 0 Å². The maximum Gasteiger partial charge on any atom is 0.255 e. The molecule has 3 aromatic carbocycles. The molecule has 0 bridgehead atoms. The van der Waals surface area contributed by atoms with E-state index in [4.69, 9.17) is 4.74 Å². The number of carbonyl (C=O) groups is 2. The second kappa shape index (κ2) is 8.82. The number of fused-ring (bicyclic) bond motifs is 1. The summed E-state index contributed by atoms with van der Waals surface area (Å²) >= 11 is 0. The van der Waals surface area contributed by atoms with E-state index in [1.165, 1.54) is 0 Å². The summed E-state index contributed by atoms with van der Waals surface area (Å²) in [6.07, 6.45) is 0.738. The first-order chi connectivity index (χ1) is 14.7. The molecule has 0 aliphatic carbocycles. The summed E-state index contributed by atoms with van der Waals surface area (Å²) in [6, 6.07) is 24.2. The Bertz CT molecular complexity index is 1050. The van der Waals surface area contributed by atoms with Gasteiger partial charge in [-0.1, -0.05) is 66.7 Å². The Kier molecular flexibility index (Phi) is 5.80. The highest BCUT2D eigenvalue weighted by atomic mass is 16.5. The van der Waals surface area contributed by atoms with Gasteiger partial charge in [-0.3, -0.25) is 9.59 Å². The van der Waals surface area contributed by atoms with Crippen LogP contribution in [0.1, 0.15) is 33.1 Å². The number of para-hydroxylation sites is 1. The van der Waals surface area contributed by atoms with Gasteiger partial charge in [0.1, 0.15) is 11.8 Å². The first-order valence-corrected chi connectivity index (χ1v) is 10.0. The highest BCUT2D eigenvalue weighted by Gasteiger charge is 2.40. The summed E-state index contributed by atoms with van der Waals surface area (Å²) in [5, 5.41) is 3.01. The van der Waals surface area contributed by atoms with Crippen LogP contribution in [-0.2, 0) is 17.8 Å².